The fourth-order valence-electron chi connectivity index (χ4n) is 3.15. The van der Waals surface area contributed by atoms with Gasteiger partial charge in [-0.25, -0.2) is 4.98 Å². The van der Waals surface area contributed by atoms with Gasteiger partial charge < -0.3 is 15.0 Å². The maximum Gasteiger partial charge on any atom is 0.376 e. The molecule has 0 spiro atoms. The normalized spacial score (nSPS) is 16.9. The summed E-state index contributed by atoms with van der Waals surface area (Å²) < 4.78 is 6.61. The molecule has 1 aliphatic heterocycles. The third kappa shape index (κ3) is 3.20. The Morgan fingerprint density at radius 3 is 2.76 bits per heavy atom. The monoisotopic (exact) mass is 347 g/mol. The van der Waals surface area contributed by atoms with Gasteiger partial charge in [0.2, 0.25) is 5.82 Å². The van der Waals surface area contributed by atoms with Crippen LogP contribution in [0.15, 0.2) is 29.2 Å². The summed E-state index contributed by atoms with van der Waals surface area (Å²) >= 11 is 0. The largest absolute Gasteiger partial charge is 0.381 e. The Kier molecular flexibility index (Phi) is 4.69. The number of aromatic nitrogens is 2. The molecule has 0 aromatic carbocycles. The van der Waals surface area contributed by atoms with Gasteiger partial charge >= 0.3 is 11.2 Å². The molecule has 0 saturated carbocycles. The first-order valence-corrected chi connectivity index (χ1v) is 8.09. The zero-order valence-electron chi connectivity index (χ0n) is 14.3. The fourth-order valence-corrected chi connectivity index (χ4v) is 3.15. The third-order valence-corrected chi connectivity index (χ3v) is 4.85. The van der Waals surface area contributed by atoms with Gasteiger partial charge in [0.25, 0.3) is 0 Å². The van der Waals surface area contributed by atoms with E-state index in [0.717, 1.165) is 12.8 Å². The van der Waals surface area contributed by atoms with Gasteiger partial charge in [0.05, 0.1) is 4.92 Å². The third-order valence-electron chi connectivity index (χ3n) is 4.85. The number of likely N-dealkylation sites (N-methyl/N-ethyl adjacent to an activating group) is 1. The molecule has 9 heteroatoms. The van der Waals surface area contributed by atoms with E-state index in [9.17, 15) is 14.9 Å². The molecule has 0 amide bonds. The number of fused-ring (bicyclic) bond motifs is 1. The SMILES string of the molecule is CN(C)C1(CNc2nc3ccccn3c(=O)c2[N+](=O)[O-])CCOCC1. The van der Waals surface area contributed by atoms with E-state index in [0.29, 0.717) is 25.4 Å². The topological polar surface area (TPSA) is 102 Å². The highest BCUT2D eigenvalue weighted by Gasteiger charge is 2.36. The molecule has 1 N–H and O–H groups in total. The number of nitro groups is 1. The number of ether oxygens (including phenoxy) is 1. The predicted octanol–water partition coefficient (Wildman–Crippen LogP) is 1.13. The van der Waals surface area contributed by atoms with Crippen molar-refractivity contribution in [2.75, 3.05) is 39.2 Å². The van der Waals surface area contributed by atoms with Crippen LogP contribution in [0.2, 0.25) is 0 Å². The van der Waals surface area contributed by atoms with Gasteiger partial charge in [-0.15, -0.1) is 0 Å². The molecule has 0 atom stereocenters. The summed E-state index contributed by atoms with van der Waals surface area (Å²) in [6.07, 6.45) is 3.07. The van der Waals surface area contributed by atoms with Crippen molar-refractivity contribution < 1.29 is 9.66 Å². The first-order chi connectivity index (χ1) is 11.9. The van der Waals surface area contributed by atoms with E-state index >= 15 is 0 Å². The maximum absolute atomic E-state index is 12.5. The Hall–Kier alpha value is -2.52. The van der Waals surface area contributed by atoms with Crippen molar-refractivity contribution >= 4 is 17.2 Å². The molecular formula is C16H21N5O4. The van der Waals surface area contributed by atoms with E-state index < -0.39 is 16.2 Å². The lowest BCUT2D eigenvalue weighted by molar-refractivity contribution is -0.385. The van der Waals surface area contributed by atoms with E-state index in [4.69, 9.17) is 4.74 Å². The van der Waals surface area contributed by atoms with Crippen molar-refractivity contribution in [3.8, 4) is 0 Å². The van der Waals surface area contributed by atoms with Gasteiger partial charge in [0, 0.05) is 31.5 Å². The van der Waals surface area contributed by atoms with Crippen molar-refractivity contribution in [2.24, 2.45) is 0 Å². The highest BCUT2D eigenvalue weighted by Crippen LogP contribution is 2.27. The first-order valence-electron chi connectivity index (χ1n) is 8.09. The zero-order chi connectivity index (χ0) is 18.0. The second kappa shape index (κ2) is 6.77. The van der Waals surface area contributed by atoms with Crippen LogP contribution in [0.4, 0.5) is 11.5 Å². The van der Waals surface area contributed by atoms with Crippen LogP contribution < -0.4 is 10.9 Å². The number of rotatable bonds is 5. The van der Waals surface area contributed by atoms with E-state index in [1.165, 1.54) is 10.6 Å². The molecule has 3 rings (SSSR count). The molecule has 134 valence electrons. The Morgan fingerprint density at radius 2 is 2.12 bits per heavy atom. The summed E-state index contributed by atoms with van der Waals surface area (Å²) in [6, 6.07) is 5.01. The van der Waals surface area contributed by atoms with E-state index in [1.807, 2.05) is 14.1 Å². The van der Waals surface area contributed by atoms with Crippen LogP contribution in [0.1, 0.15) is 12.8 Å². The summed E-state index contributed by atoms with van der Waals surface area (Å²) in [7, 11) is 3.95. The Bertz CT molecular complexity index is 842. The van der Waals surface area contributed by atoms with Crippen molar-refractivity contribution in [1.29, 1.82) is 0 Å². The summed E-state index contributed by atoms with van der Waals surface area (Å²) in [5.74, 6) is 0.00826. The number of nitrogens with zero attached hydrogens (tertiary/aromatic N) is 4. The lowest BCUT2D eigenvalue weighted by Gasteiger charge is -2.42. The number of hydrogen-bond acceptors (Lipinski definition) is 7. The Labute approximate surface area is 144 Å². The summed E-state index contributed by atoms with van der Waals surface area (Å²) in [5.41, 5.74) is -1.06. The molecule has 3 heterocycles. The average molecular weight is 347 g/mol. The van der Waals surface area contributed by atoms with Crippen LogP contribution in [-0.2, 0) is 4.74 Å². The van der Waals surface area contributed by atoms with Crippen LogP contribution in [0.3, 0.4) is 0 Å². The minimum absolute atomic E-state index is 0.00826. The molecule has 2 aromatic rings. The summed E-state index contributed by atoms with van der Waals surface area (Å²) in [4.78, 5) is 29.6. The number of pyridine rings is 1. The Balaban J connectivity index is 1.99. The lowest BCUT2D eigenvalue weighted by Crippen LogP contribution is -2.53. The van der Waals surface area contributed by atoms with Crippen LogP contribution >= 0.6 is 0 Å². The van der Waals surface area contributed by atoms with Gasteiger partial charge in [-0.3, -0.25) is 19.3 Å². The van der Waals surface area contributed by atoms with Crippen molar-refractivity contribution in [2.45, 2.75) is 18.4 Å². The van der Waals surface area contributed by atoms with Gasteiger partial charge in [-0.1, -0.05) is 6.07 Å². The first kappa shape index (κ1) is 17.3. The second-order valence-corrected chi connectivity index (χ2v) is 6.38. The molecule has 1 saturated heterocycles. The molecule has 9 nitrogen and oxygen atoms in total. The van der Waals surface area contributed by atoms with E-state index in [-0.39, 0.29) is 11.4 Å². The average Bonchev–Trinajstić information content (AvgIpc) is 2.60. The van der Waals surface area contributed by atoms with Crippen LogP contribution in [0, 0.1) is 10.1 Å². The van der Waals surface area contributed by atoms with E-state index in [1.54, 1.807) is 18.2 Å². The molecule has 25 heavy (non-hydrogen) atoms. The van der Waals surface area contributed by atoms with Crippen LogP contribution in [-0.4, -0.2) is 58.6 Å². The van der Waals surface area contributed by atoms with Gasteiger partial charge in [0.1, 0.15) is 5.65 Å². The molecule has 1 fully saturated rings. The summed E-state index contributed by atoms with van der Waals surface area (Å²) in [6.45, 7) is 1.71. The molecule has 0 aliphatic carbocycles. The summed E-state index contributed by atoms with van der Waals surface area (Å²) in [5, 5.41) is 14.5. The second-order valence-electron chi connectivity index (χ2n) is 6.38. The highest BCUT2D eigenvalue weighted by molar-refractivity contribution is 5.60. The lowest BCUT2D eigenvalue weighted by atomic mass is 9.88. The quantitative estimate of drug-likeness (QED) is 0.639. The van der Waals surface area contributed by atoms with Crippen LogP contribution in [0.5, 0.6) is 0 Å². The molecule has 0 radical (unpaired) electrons. The van der Waals surface area contributed by atoms with Crippen molar-refractivity contribution in [1.82, 2.24) is 14.3 Å². The fraction of sp³-hybridized carbons (Fsp3) is 0.500. The van der Waals surface area contributed by atoms with Crippen LogP contribution in [0.25, 0.3) is 5.65 Å². The number of nitrogens with one attached hydrogen (secondary N) is 1. The molecule has 1 aliphatic rings. The predicted molar refractivity (Wildman–Crippen MR) is 93.1 cm³/mol. The molecule has 0 unspecified atom stereocenters. The van der Waals surface area contributed by atoms with Gasteiger partial charge in [-0.2, -0.15) is 0 Å². The molecular weight excluding hydrogens is 326 g/mol. The van der Waals surface area contributed by atoms with Crippen molar-refractivity contribution in [3.63, 3.8) is 0 Å². The molecule has 2 aromatic heterocycles. The minimum Gasteiger partial charge on any atom is -0.381 e. The minimum atomic E-state index is -0.691. The smallest absolute Gasteiger partial charge is 0.376 e. The number of anilines is 1. The van der Waals surface area contributed by atoms with Gasteiger partial charge in [-0.05, 0) is 39.1 Å². The maximum atomic E-state index is 12.5. The standard InChI is InChI=1S/C16H21N5O4/c1-19(2)16(6-9-25-10-7-16)11-17-14-13(21(23)24)15(22)20-8-4-3-5-12(20)18-14/h3-5,8,17H,6-7,9-11H2,1-2H3. The zero-order valence-corrected chi connectivity index (χ0v) is 14.3. The molecule has 0 bridgehead atoms. The van der Waals surface area contributed by atoms with E-state index in [2.05, 4.69) is 15.2 Å². The van der Waals surface area contributed by atoms with Gasteiger partial charge in [0.15, 0.2) is 0 Å². The number of hydrogen-bond donors (Lipinski definition) is 1. The highest BCUT2D eigenvalue weighted by atomic mass is 16.6. The Morgan fingerprint density at radius 1 is 1.40 bits per heavy atom. The van der Waals surface area contributed by atoms with Crippen molar-refractivity contribution in [3.05, 3.63) is 44.9 Å².